The molecule has 0 aliphatic carbocycles. The number of rotatable bonds is 5. The van der Waals surface area contributed by atoms with Crippen molar-refractivity contribution in [2.45, 2.75) is 19.5 Å². The molecule has 0 saturated heterocycles. The first-order valence-electron chi connectivity index (χ1n) is 7.28. The fraction of sp³-hybridized carbons (Fsp3) is 0.278. The Balaban J connectivity index is 2.03. The highest BCUT2D eigenvalue weighted by Crippen LogP contribution is 2.21. The van der Waals surface area contributed by atoms with Gasteiger partial charge in [-0.3, -0.25) is 9.69 Å². The minimum absolute atomic E-state index is 0.0837. The number of amides is 1. The Morgan fingerprint density at radius 1 is 1.14 bits per heavy atom. The summed E-state index contributed by atoms with van der Waals surface area (Å²) in [4.78, 5) is 13.7. The summed E-state index contributed by atoms with van der Waals surface area (Å²) in [5, 5.41) is 2.61. The van der Waals surface area contributed by atoms with E-state index in [1.54, 1.807) is 7.05 Å². The number of carbonyl (C=O) groups excluding carboxylic acids is 1. The van der Waals surface area contributed by atoms with E-state index >= 15 is 0 Å². The van der Waals surface area contributed by atoms with Crippen LogP contribution in [0.1, 0.15) is 34.5 Å². The molecule has 116 valence electrons. The Hall–Kier alpha value is -2.20. The number of hydrogen-bond donors (Lipinski definition) is 1. The zero-order valence-corrected chi connectivity index (χ0v) is 13.1. The van der Waals surface area contributed by atoms with Crippen molar-refractivity contribution < 1.29 is 9.18 Å². The standard InChI is InChI=1S/C18H21FN2O/c1-13(15-8-10-17(19)11-9-15)21(3)12-14-4-6-16(7-5-14)18(22)20-2/h4-11,13H,12H2,1-3H3,(H,20,22)/t13-/m1/s1. The van der Waals surface area contributed by atoms with E-state index in [2.05, 4.69) is 17.1 Å². The van der Waals surface area contributed by atoms with Crippen LogP contribution in [0.3, 0.4) is 0 Å². The predicted octanol–water partition coefficient (Wildman–Crippen LogP) is 3.38. The topological polar surface area (TPSA) is 32.3 Å². The van der Waals surface area contributed by atoms with Crippen LogP contribution in [-0.2, 0) is 6.54 Å². The summed E-state index contributed by atoms with van der Waals surface area (Å²) < 4.78 is 13.0. The van der Waals surface area contributed by atoms with E-state index in [0.717, 1.165) is 17.7 Å². The van der Waals surface area contributed by atoms with Gasteiger partial charge in [-0.2, -0.15) is 0 Å². The van der Waals surface area contributed by atoms with E-state index in [1.165, 1.54) is 12.1 Å². The quantitative estimate of drug-likeness (QED) is 0.918. The molecule has 0 aromatic heterocycles. The molecule has 0 spiro atoms. The van der Waals surface area contributed by atoms with Crippen LogP contribution in [0, 0.1) is 5.82 Å². The molecular weight excluding hydrogens is 279 g/mol. The second-order valence-electron chi connectivity index (χ2n) is 5.42. The SMILES string of the molecule is CNC(=O)c1ccc(CN(C)[C@H](C)c2ccc(F)cc2)cc1. The van der Waals surface area contributed by atoms with Gasteiger partial charge in [-0.1, -0.05) is 24.3 Å². The molecule has 2 aromatic carbocycles. The van der Waals surface area contributed by atoms with Crippen LogP contribution in [-0.4, -0.2) is 24.9 Å². The first-order valence-corrected chi connectivity index (χ1v) is 7.28. The summed E-state index contributed by atoms with van der Waals surface area (Å²) >= 11 is 0. The third kappa shape index (κ3) is 3.92. The highest BCUT2D eigenvalue weighted by Gasteiger charge is 2.12. The number of nitrogens with zero attached hydrogens (tertiary/aromatic N) is 1. The fourth-order valence-electron chi connectivity index (χ4n) is 2.33. The molecule has 0 bridgehead atoms. The van der Waals surface area contributed by atoms with E-state index in [1.807, 2.05) is 43.4 Å². The van der Waals surface area contributed by atoms with Gasteiger partial charge in [-0.25, -0.2) is 4.39 Å². The van der Waals surface area contributed by atoms with Crippen LogP contribution in [0.25, 0.3) is 0 Å². The molecule has 2 aromatic rings. The maximum atomic E-state index is 13.0. The van der Waals surface area contributed by atoms with E-state index < -0.39 is 0 Å². The minimum Gasteiger partial charge on any atom is -0.355 e. The number of carbonyl (C=O) groups is 1. The van der Waals surface area contributed by atoms with Crippen molar-refractivity contribution in [2.24, 2.45) is 0 Å². The largest absolute Gasteiger partial charge is 0.355 e. The lowest BCUT2D eigenvalue weighted by atomic mass is 10.1. The van der Waals surface area contributed by atoms with Gasteiger partial charge in [0, 0.05) is 25.2 Å². The number of hydrogen-bond acceptors (Lipinski definition) is 2. The first kappa shape index (κ1) is 16.2. The van der Waals surface area contributed by atoms with E-state index in [-0.39, 0.29) is 17.8 Å². The third-order valence-corrected chi connectivity index (χ3v) is 3.89. The molecule has 1 N–H and O–H groups in total. The zero-order valence-electron chi connectivity index (χ0n) is 13.1. The van der Waals surface area contributed by atoms with Crippen molar-refractivity contribution in [1.82, 2.24) is 10.2 Å². The Kier molecular flexibility index (Phi) is 5.28. The van der Waals surface area contributed by atoms with E-state index in [9.17, 15) is 9.18 Å². The van der Waals surface area contributed by atoms with Crippen molar-refractivity contribution >= 4 is 5.91 Å². The van der Waals surface area contributed by atoms with Gasteiger partial charge in [0.2, 0.25) is 0 Å². The smallest absolute Gasteiger partial charge is 0.251 e. The van der Waals surface area contributed by atoms with E-state index in [4.69, 9.17) is 0 Å². The predicted molar refractivity (Wildman–Crippen MR) is 86.1 cm³/mol. The van der Waals surface area contributed by atoms with E-state index in [0.29, 0.717) is 5.56 Å². The van der Waals surface area contributed by atoms with Gasteiger partial charge in [-0.05, 0) is 49.4 Å². The lowest BCUT2D eigenvalue weighted by Gasteiger charge is -2.25. The Bertz CT molecular complexity index is 623. The number of nitrogens with one attached hydrogen (secondary N) is 1. The average molecular weight is 300 g/mol. The lowest BCUT2D eigenvalue weighted by molar-refractivity contribution is 0.0963. The molecule has 0 aliphatic rings. The van der Waals surface area contributed by atoms with Crippen LogP contribution < -0.4 is 5.32 Å². The molecule has 0 saturated carbocycles. The van der Waals surface area contributed by atoms with Gasteiger partial charge in [0.1, 0.15) is 5.82 Å². The van der Waals surface area contributed by atoms with Crippen molar-refractivity contribution in [2.75, 3.05) is 14.1 Å². The summed E-state index contributed by atoms with van der Waals surface area (Å²) in [6.07, 6.45) is 0. The Labute approximate surface area is 130 Å². The molecule has 0 unspecified atom stereocenters. The molecule has 4 heteroatoms. The van der Waals surface area contributed by atoms with Crippen molar-refractivity contribution in [1.29, 1.82) is 0 Å². The van der Waals surface area contributed by atoms with Crippen LogP contribution in [0.5, 0.6) is 0 Å². The van der Waals surface area contributed by atoms with Crippen LogP contribution in [0.4, 0.5) is 4.39 Å². The molecule has 0 aliphatic heterocycles. The average Bonchev–Trinajstić information content (AvgIpc) is 2.54. The molecule has 22 heavy (non-hydrogen) atoms. The Morgan fingerprint density at radius 2 is 1.73 bits per heavy atom. The third-order valence-electron chi connectivity index (χ3n) is 3.89. The molecule has 3 nitrogen and oxygen atoms in total. The molecule has 0 heterocycles. The zero-order chi connectivity index (χ0) is 16.1. The van der Waals surface area contributed by atoms with Crippen molar-refractivity contribution in [3.63, 3.8) is 0 Å². The van der Waals surface area contributed by atoms with Crippen molar-refractivity contribution in [3.05, 3.63) is 71.0 Å². The maximum absolute atomic E-state index is 13.0. The highest BCUT2D eigenvalue weighted by atomic mass is 19.1. The van der Waals surface area contributed by atoms with Gasteiger partial charge < -0.3 is 5.32 Å². The summed E-state index contributed by atoms with van der Waals surface area (Å²) in [7, 11) is 3.65. The van der Waals surface area contributed by atoms with Crippen LogP contribution >= 0.6 is 0 Å². The molecule has 2 rings (SSSR count). The van der Waals surface area contributed by atoms with Gasteiger partial charge in [0.25, 0.3) is 5.91 Å². The van der Waals surface area contributed by atoms with Gasteiger partial charge in [-0.15, -0.1) is 0 Å². The molecule has 0 radical (unpaired) electrons. The summed E-state index contributed by atoms with van der Waals surface area (Å²) in [6.45, 7) is 2.85. The molecular formula is C18H21FN2O. The van der Waals surface area contributed by atoms with Crippen molar-refractivity contribution in [3.8, 4) is 0 Å². The number of benzene rings is 2. The Morgan fingerprint density at radius 3 is 2.27 bits per heavy atom. The first-order chi connectivity index (χ1) is 10.5. The monoisotopic (exact) mass is 300 g/mol. The second-order valence-corrected chi connectivity index (χ2v) is 5.42. The van der Waals surface area contributed by atoms with Crippen LogP contribution in [0.2, 0.25) is 0 Å². The normalized spacial score (nSPS) is 12.2. The molecule has 0 fully saturated rings. The summed E-state index contributed by atoms with van der Waals surface area (Å²) in [6, 6.07) is 14.3. The van der Waals surface area contributed by atoms with Gasteiger partial charge >= 0.3 is 0 Å². The fourth-order valence-corrected chi connectivity index (χ4v) is 2.33. The summed E-state index contributed by atoms with van der Waals surface area (Å²) in [5.41, 5.74) is 2.86. The van der Waals surface area contributed by atoms with Gasteiger partial charge in [0.15, 0.2) is 0 Å². The van der Waals surface area contributed by atoms with Crippen LogP contribution in [0.15, 0.2) is 48.5 Å². The van der Waals surface area contributed by atoms with Gasteiger partial charge in [0.05, 0.1) is 0 Å². The lowest BCUT2D eigenvalue weighted by Crippen LogP contribution is -2.22. The highest BCUT2D eigenvalue weighted by molar-refractivity contribution is 5.93. The molecule has 1 atom stereocenters. The second kappa shape index (κ2) is 7.18. The maximum Gasteiger partial charge on any atom is 0.251 e. The summed E-state index contributed by atoms with van der Waals surface area (Å²) in [5.74, 6) is -0.303. The molecule has 1 amide bonds. The minimum atomic E-state index is -0.219. The number of halogens is 1.